The van der Waals surface area contributed by atoms with E-state index in [1.165, 1.54) is 0 Å². The van der Waals surface area contributed by atoms with Gasteiger partial charge in [-0.05, 0) is 26.7 Å². The van der Waals surface area contributed by atoms with Crippen LogP contribution in [0.2, 0.25) is 0 Å². The van der Waals surface area contributed by atoms with Crippen molar-refractivity contribution in [3.63, 3.8) is 0 Å². The van der Waals surface area contributed by atoms with Gasteiger partial charge in [-0.2, -0.15) is 0 Å². The minimum atomic E-state index is -0.640. The first kappa shape index (κ1) is 11.0. The van der Waals surface area contributed by atoms with Crippen molar-refractivity contribution >= 4 is 0 Å². The molecule has 1 fully saturated rings. The maximum Gasteiger partial charge on any atom is 0.0935 e. The van der Waals surface area contributed by atoms with Gasteiger partial charge in [-0.15, -0.1) is 0 Å². The highest BCUT2D eigenvalue weighted by Crippen LogP contribution is 2.31. The molecule has 2 unspecified atom stereocenters. The smallest absolute Gasteiger partial charge is 0.0935 e. The van der Waals surface area contributed by atoms with Crippen molar-refractivity contribution in [1.82, 2.24) is 4.90 Å². The summed E-state index contributed by atoms with van der Waals surface area (Å²) in [6.07, 6.45) is 1.80. The fourth-order valence-corrected chi connectivity index (χ4v) is 2.42. The second kappa shape index (κ2) is 3.95. The first-order chi connectivity index (χ1) is 6.05. The minimum Gasteiger partial charge on any atom is -0.387 e. The summed E-state index contributed by atoms with van der Waals surface area (Å²) in [5.74, 6) is 0. The largest absolute Gasteiger partial charge is 0.387 e. The molecular formula is C10H22N2O. The standard InChI is InChI=1S/C10H22N2O/c1-4-9-10(13,7-11)5-6-12(9)8(2)3/h8-9,13H,4-7,11H2,1-3H3. The van der Waals surface area contributed by atoms with Gasteiger partial charge in [-0.3, -0.25) is 4.90 Å². The van der Waals surface area contributed by atoms with E-state index < -0.39 is 5.60 Å². The van der Waals surface area contributed by atoms with Crippen LogP contribution in [-0.2, 0) is 0 Å². The van der Waals surface area contributed by atoms with Crippen molar-refractivity contribution in [2.45, 2.75) is 51.3 Å². The van der Waals surface area contributed by atoms with Crippen LogP contribution in [0.25, 0.3) is 0 Å². The van der Waals surface area contributed by atoms with E-state index in [1.54, 1.807) is 0 Å². The fraction of sp³-hybridized carbons (Fsp3) is 1.00. The third-order valence-corrected chi connectivity index (χ3v) is 3.23. The Morgan fingerprint density at radius 3 is 2.62 bits per heavy atom. The summed E-state index contributed by atoms with van der Waals surface area (Å²) >= 11 is 0. The number of hydrogen-bond donors (Lipinski definition) is 2. The lowest BCUT2D eigenvalue weighted by Crippen LogP contribution is -2.50. The molecule has 1 rings (SSSR count). The van der Waals surface area contributed by atoms with Gasteiger partial charge < -0.3 is 10.8 Å². The van der Waals surface area contributed by atoms with Gasteiger partial charge in [0.2, 0.25) is 0 Å². The third-order valence-electron chi connectivity index (χ3n) is 3.23. The lowest BCUT2D eigenvalue weighted by Gasteiger charge is -2.34. The lowest BCUT2D eigenvalue weighted by atomic mass is 9.92. The van der Waals surface area contributed by atoms with E-state index in [-0.39, 0.29) is 6.04 Å². The summed E-state index contributed by atoms with van der Waals surface area (Å²) in [6, 6.07) is 0.753. The fourth-order valence-electron chi connectivity index (χ4n) is 2.42. The van der Waals surface area contributed by atoms with E-state index in [0.29, 0.717) is 12.6 Å². The highest BCUT2D eigenvalue weighted by atomic mass is 16.3. The van der Waals surface area contributed by atoms with E-state index in [1.807, 2.05) is 0 Å². The summed E-state index contributed by atoms with van der Waals surface area (Å²) in [5.41, 5.74) is 4.98. The van der Waals surface area contributed by atoms with Gasteiger partial charge >= 0.3 is 0 Å². The molecule has 2 atom stereocenters. The normalized spacial score (nSPS) is 36.0. The molecule has 78 valence electrons. The highest BCUT2D eigenvalue weighted by molar-refractivity contribution is 5.00. The Morgan fingerprint density at radius 2 is 2.23 bits per heavy atom. The Labute approximate surface area is 80.9 Å². The lowest BCUT2D eigenvalue weighted by molar-refractivity contribution is 0.00325. The third kappa shape index (κ3) is 1.87. The molecule has 3 N–H and O–H groups in total. The molecule has 0 aliphatic carbocycles. The molecule has 0 bridgehead atoms. The van der Waals surface area contributed by atoms with E-state index in [2.05, 4.69) is 25.7 Å². The number of nitrogens with zero attached hydrogens (tertiary/aromatic N) is 1. The Kier molecular flexibility index (Phi) is 3.33. The molecule has 0 aromatic carbocycles. The van der Waals surface area contributed by atoms with E-state index in [9.17, 15) is 5.11 Å². The molecule has 1 aliphatic heterocycles. The van der Waals surface area contributed by atoms with Crippen molar-refractivity contribution in [1.29, 1.82) is 0 Å². The number of rotatable bonds is 3. The number of aliphatic hydroxyl groups is 1. The Balaban J connectivity index is 2.74. The van der Waals surface area contributed by atoms with Gasteiger partial charge in [0, 0.05) is 25.2 Å². The summed E-state index contributed by atoms with van der Waals surface area (Å²) in [5, 5.41) is 10.2. The molecule has 0 aromatic rings. The van der Waals surface area contributed by atoms with Gasteiger partial charge in [-0.25, -0.2) is 0 Å². The molecular weight excluding hydrogens is 164 g/mol. The topological polar surface area (TPSA) is 49.5 Å². The van der Waals surface area contributed by atoms with Crippen LogP contribution in [0.15, 0.2) is 0 Å². The van der Waals surface area contributed by atoms with Gasteiger partial charge in [0.15, 0.2) is 0 Å². The van der Waals surface area contributed by atoms with Crippen molar-refractivity contribution < 1.29 is 5.11 Å². The first-order valence-electron chi connectivity index (χ1n) is 5.23. The van der Waals surface area contributed by atoms with Crippen LogP contribution in [0.4, 0.5) is 0 Å². The molecule has 0 spiro atoms. The molecule has 1 heterocycles. The van der Waals surface area contributed by atoms with E-state index in [0.717, 1.165) is 19.4 Å². The Morgan fingerprint density at radius 1 is 1.62 bits per heavy atom. The van der Waals surface area contributed by atoms with Gasteiger partial charge in [-0.1, -0.05) is 6.92 Å². The van der Waals surface area contributed by atoms with Crippen LogP contribution >= 0.6 is 0 Å². The van der Waals surface area contributed by atoms with Crippen LogP contribution in [0.1, 0.15) is 33.6 Å². The average Bonchev–Trinajstić information content (AvgIpc) is 2.43. The molecule has 1 saturated heterocycles. The molecule has 3 heteroatoms. The van der Waals surface area contributed by atoms with Gasteiger partial charge in [0.05, 0.1) is 5.60 Å². The molecule has 3 nitrogen and oxygen atoms in total. The second-order valence-corrected chi connectivity index (χ2v) is 4.31. The van der Waals surface area contributed by atoms with Crippen LogP contribution in [-0.4, -0.2) is 40.8 Å². The highest BCUT2D eigenvalue weighted by Gasteiger charge is 2.44. The van der Waals surface area contributed by atoms with Crippen LogP contribution in [0.3, 0.4) is 0 Å². The molecule has 0 radical (unpaired) electrons. The minimum absolute atomic E-state index is 0.248. The van der Waals surface area contributed by atoms with Crippen molar-refractivity contribution in [3.05, 3.63) is 0 Å². The number of nitrogens with two attached hydrogens (primary N) is 1. The SMILES string of the molecule is CCC1N(C(C)C)CCC1(O)CN. The van der Waals surface area contributed by atoms with E-state index in [4.69, 9.17) is 5.73 Å². The monoisotopic (exact) mass is 186 g/mol. The quantitative estimate of drug-likeness (QED) is 0.677. The first-order valence-corrected chi connectivity index (χ1v) is 5.23. The predicted molar refractivity (Wildman–Crippen MR) is 54.5 cm³/mol. The van der Waals surface area contributed by atoms with Crippen LogP contribution in [0.5, 0.6) is 0 Å². The zero-order valence-electron chi connectivity index (χ0n) is 8.95. The summed E-state index contributed by atoms with van der Waals surface area (Å²) in [6.45, 7) is 7.82. The maximum atomic E-state index is 10.2. The zero-order chi connectivity index (χ0) is 10.1. The van der Waals surface area contributed by atoms with E-state index >= 15 is 0 Å². The molecule has 0 aromatic heterocycles. The molecule has 1 aliphatic rings. The summed E-state index contributed by atoms with van der Waals surface area (Å²) in [7, 11) is 0. The molecule has 13 heavy (non-hydrogen) atoms. The number of hydrogen-bond acceptors (Lipinski definition) is 3. The van der Waals surface area contributed by atoms with Gasteiger partial charge in [0.1, 0.15) is 0 Å². The van der Waals surface area contributed by atoms with Crippen LogP contribution in [0, 0.1) is 0 Å². The summed E-state index contributed by atoms with van der Waals surface area (Å²) < 4.78 is 0. The second-order valence-electron chi connectivity index (χ2n) is 4.31. The van der Waals surface area contributed by atoms with Gasteiger partial charge in [0.25, 0.3) is 0 Å². The summed E-state index contributed by atoms with van der Waals surface area (Å²) in [4.78, 5) is 2.35. The molecule has 0 amide bonds. The zero-order valence-corrected chi connectivity index (χ0v) is 8.95. The Bertz CT molecular complexity index is 172. The van der Waals surface area contributed by atoms with Crippen molar-refractivity contribution in [2.24, 2.45) is 5.73 Å². The van der Waals surface area contributed by atoms with Crippen molar-refractivity contribution in [2.75, 3.05) is 13.1 Å². The molecule has 0 saturated carbocycles. The van der Waals surface area contributed by atoms with Crippen LogP contribution < -0.4 is 5.73 Å². The predicted octanol–water partition coefficient (Wildman–Crippen LogP) is 0.569. The average molecular weight is 186 g/mol. The van der Waals surface area contributed by atoms with Crippen molar-refractivity contribution in [3.8, 4) is 0 Å². The number of likely N-dealkylation sites (tertiary alicyclic amines) is 1. The maximum absolute atomic E-state index is 10.2. The Hall–Kier alpha value is -0.120.